The van der Waals surface area contributed by atoms with E-state index in [0.717, 1.165) is 5.56 Å². The second kappa shape index (κ2) is 10.3. The Morgan fingerprint density at radius 2 is 1.87 bits per heavy atom. The first-order valence-corrected chi connectivity index (χ1v) is 10.0. The van der Waals surface area contributed by atoms with Crippen molar-refractivity contribution in [3.63, 3.8) is 0 Å². The van der Waals surface area contributed by atoms with Crippen molar-refractivity contribution >= 4 is 17.9 Å². The van der Waals surface area contributed by atoms with Gasteiger partial charge < -0.3 is 15.8 Å². The van der Waals surface area contributed by atoms with Gasteiger partial charge in [-0.25, -0.2) is 4.79 Å². The molecule has 1 aliphatic heterocycles. The molecule has 0 aliphatic carbocycles. The number of nitriles is 1. The predicted molar refractivity (Wildman–Crippen MR) is 112 cm³/mol. The van der Waals surface area contributed by atoms with Crippen LogP contribution in [0, 0.1) is 11.3 Å². The molecular formula is C23H24N4O4. The molecule has 1 saturated heterocycles. The van der Waals surface area contributed by atoms with E-state index >= 15 is 0 Å². The fourth-order valence-electron chi connectivity index (χ4n) is 3.58. The zero-order valence-electron chi connectivity index (χ0n) is 17.0. The molecule has 0 saturated carbocycles. The molecule has 0 radical (unpaired) electrons. The number of carbonyl (C=O) groups excluding carboxylic acids is 3. The van der Waals surface area contributed by atoms with Crippen molar-refractivity contribution < 1.29 is 19.1 Å². The van der Waals surface area contributed by atoms with Crippen LogP contribution in [0.2, 0.25) is 0 Å². The molecule has 31 heavy (non-hydrogen) atoms. The number of nitrogens with zero attached hydrogens (tertiary/aromatic N) is 2. The zero-order chi connectivity index (χ0) is 22.2. The highest BCUT2D eigenvalue weighted by Gasteiger charge is 2.36. The van der Waals surface area contributed by atoms with E-state index in [4.69, 9.17) is 10.5 Å². The lowest BCUT2D eigenvalue weighted by molar-refractivity contribution is -0.130. The van der Waals surface area contributed by atoms with E-state index in [1.165, 1.54) is 4.90 Å². The van der Waals surface area contributed by atoms with Gasteiger partial charge in [0.15, 0.2) is 0 Å². The smallest absolute Gasteiger partial charge is 0.410 e. The van der Waals surface area contributed by atoms with Crippen LogP contribution in [0.3, 0.4) is 0 Å². The predicted octanol–water partition coefficient (Wildman–Crippen LogP) is 1.87. The van der Waals surface area contributed by atoms with Crippen LogP contribution in [-0.4, -0.2) is 41.4 Å². The highest BCUT2D eigenvalue weighted by atomic mass is 16.6. The standard InChI is InChI=1S/C23H24N4O4/c24-14-18-10-5-4-9-17(18)13-19(21(25)28)26-22(29)20-11-6-12-27(20)23(30)31-15-16-7-2-1-3-8-16/h1-5,7-10,19-20H,6,11-13,15H2,(H2,25,28)(H,26,29)/t19-,20-/m1/s1. The highest BCUT2D eigenvalue weighted by Crippen LogP contribution is 2.20. The molecule has 1 heterocycles. The summed E-state index contributed by atoms with van der Waals surface area (Å²) >= 11 is 0. The molecular weight excluding hydrogens is 396 g/mol. The van der Waals surface area contributed by atoms with E-state index in [1.54, 1.807) is 24.3 Å². The monoisotopic (exact) mass is 420 g/mol. The maximum Gasteiger partial charge on any atom is 0.410 e. The number of rotatable bonds is 7. The summed E-state index contributed by atoms with van der Waals surface area (Å²) in [6.07, 6.45) is 0.631. The molecule has 3 rings (SSSR count). The summed E-state index contributed by atoms with van der Waals surface area (Å²) in [6.45, 7) is 0.504. The summed E-state index contributed by atoms with van der Waals surface area (Å²) in [5.41, 5.74) is 7.36. The topological polar surface area (TPSA) is 126 Å². The molecule has 1 aliphatic rings. The Bertz CT molecular complexity index is 987. The number of hydrogen-bond acceptors (Lipinski definition) is 5. The van der Waals surface area contributed by atoms with Gasteiger partial charge in [0, 0.05) is 13.0 Å². The average Bonchev–Trinajstić information content (AvgIpc) is 3.28. The normalized spacial score (nSPS) is 16.2. The van der Waals surface area contributed by atoms with E-state index in [9.17, 15) is 19.6 Å². The van der Waals surface area contributed by atoms with Gasteiger partial charge in [0.2, 0.25) is 11.8 Å². The van der Waals surface area contributed by atoms with Crippen LogP contribution in [0.4, 0.5) is 4.79 Å². The first kappa shape index (κ1) is 21.8. The third-order valence-electron chi connectivity index (χ3n) is 5.22. The Hall–Kier alpha value is -3.86. The number of nitrogens with two attached hydrogens (primary N) is 1. The molecule has 0 spiro atoms. The molecule has 0 unspecified atom stereocenters. The van der Waals surface area contributed by atoms with E-state index in [0.29, 0.717) is 30.5 Å². The molecule has 0 aromatic heterocycles. The summed E-state index contributed by atoms with van der Waals surface area (Å²) in [7, 11) is 0. The third kappa shape index (κ3) is 5.60. The third-order valence-corrected chi connectivity index (χ3v) is 5.22. The zero-order valence-corrected chi connectivity index (χ0v) is 17.0. The van der Waals surface area contributed by atoms with Gasteiger partial charge >= 0.3 is 6.09 Å². The minimum Gasteiger partial charge on any atom is -0.445 e. The Kier molecular flexibility index (Phi) is 7.22. The molecule has 1 fully saturated rings. The van der Waals surface area contributed by atoms with Gasteiger partial charge in [-0.3, -0.25) is 14.5 Å². The van der Waals surface area contributed by atoms with Crippen molar-refractivity contribution in [1.29, 1.82) is 5.26 Å². The van der Waals surface area contributed by atoms with Crippen LogP contribution in [0.25, 0.3) is 0 Å². The summed E-state index contributed by atoms with van der Waals surface area (Å²) in [5.74, 6) is -1.18. The minimum atomic E-state index is -0.996. The van der Waals surface area contributed by atoms with Gasteiger partial charge in [0.05, 0.1) is 11.6 Å². The number of amides is 3. The molecule has 3 amide bonds. The lowest BCUT2D eigenvalue weighted by atomic mass is 10.00. The van der Waals surface area contributed by atoms with Gasteiger partial charge in [0.1, 0.15) is 18.7 Å². The summed E-state index contributed by atoms with van der Waals surface area (Å²) in [5, 5.41) is 11.9. The molecule has 2 aromatic rings. The van der Waals surface area contributed by atoms with Gasteiger partial charge in [0.25, 0.3) is 0 Å². The number of likely N-dealkylation sites (tertiary alicyclic amines) is 1. The number of benzene rings is 2. The first-order valence-electron chi connectivity index (χ1n) is 10.0. The molecule has 160 valence electrons. The van der Waals surface area contributed by atoms with Crippen molar-refractivity contribution in [2.45, 2.75) is 38.0 Å². The molecule has 0 bridgehead atoms. The van der Waals surface area contributed by atoms with Crippen LogP contribution in [0.5, 0.6) is 0 Å². The van der Waals surface area contributed by atoms with Crippen molar-refractivity contribution in [1.82, 2.24) is 10.2 Å². The summed E-state index contributed by atoms with van der Waals surface area (Å²) < 4.78 is 5.35. The summed E-state index contributed by atoms with van der Waals surface area (Å²) in [4.78, 5) is 38.7. The minimum absolute atomic E-state index is 0.0932. The first-order chi connectivity index (χ1) is 15.0. The Balaban J connectivity index is 1.63. The van der Waals surface area contributed by atoms with Crippen molar-refractivity contribution in [2.75, 3.05) is 6.54 Å². The van der Waals surface area contributed by atoms with Crippen LogP contribution >= 0.6 is 0 Å². The van der Waals surface area contributed by atoms with Gasteiger partial charge in [-0.05, 0) is 30.0 Å². The molecule has 3 N–H and O–H groups in total. The number of carbonyl (C=O) groups is 3. The highest BCUT2D eigenvalue weighted by molar-refractivity contribution is 5.91. The second-order valence-corrected chi connectivity index (χ2v) is 7.33. The SMILES string of the molecule is N#Cc1ccccc1C[C@@H](NC(=O)[C@H]1CCCN1C(=O)OCc1ccccc1)C(N)=O. The maximum absolute atomic E-state index is 12.9. The van der Waals surface area contributed by atoms with Gasteiger partial charge in [-0.2, -0.15) is 5.26 Å². The molecule has 2 atom stereocenters. The Morgan fingerprint density at radius 1 is 1.16 bits per heavy atom. The van der Waals surface area contributed by atoms with Crippen molar-refractivity contribution in [3.8, 4) is 6.07 Å². The van der Waals surface area contributed by atoms with Crippen LogP contribution in [0.1, 0.15) is 29.5 Å². The number of primary amides is 1. The Morgan fingerprint density at radius 3 is 2.58 bits per heavy atom. The van der Waals surface area contributed by atoms with Crippen LogP contribution in [-0.2, 0) is 27.4 Å². The second-order valence-electron chi connectivity index (χ2n) is 7.33. The Labute approximate surface area is 180 Å². The van der Waals surface area contributed by atoms with E-state index in [1.807, 2.05) is 30.3 Å². The van der Waals surface area contributed by atoms with Gasteiger partial charge in [-0.1, -0.05) is 48.5 Å². The molecule has 2 aromatic carbocycles. The molecule has 8 nitrogen and oxygen atoms in total. The summed E-state index contributed by atoms with van der Waals surface area (Å²) in [6, 6.07) is 16.4. The molecule has 8 heteroatoms. The lowest BCUT2D eigenvalue weighted by Gasteiger charge is -2.25. The van der Waals surface area contributed by atoms with E-state index < -0.39 is 30.0 Å². The largest absolute Gasteiger partial charge is 0.445 e. The number of hydrogen-bond donors (Lipinski definition) is 2. The van der Waals surface area contributed by atoms with Crippen LogP contribution in [0.15, 0.2) is 54.6 Å². The number of nitrogens with one attached hydrogen (secondary N) is 1. The van der Waals surface area contributed by atoms with Crippen molar-refractivity contribution in [2.24, 2.45) is 5.73 Å². The lowest BCUT2D eigenvalue weighted by Crippen LogP contribution is -2.53. The van der Waals surface area contributed by atoms with Crippen molar-refractivity contribution in [3.05, 3.63) is 71.3 Å². The number of ether oxygens (including phenoxy) is 1. The van der Waals surface area contributed by atoms with E-state index in [-0.39, 0.29) is 13.0 Å². The maximum atomic E-state index is 12.9. The van der Waals surface area contributed by atoms with Crippen LogP contribution < -0.4 is 11.1 Å². The fraction of sp³-hybridized carbons (Fsp3) is 0.304. The average molecular weight is 420 g/mol. The van der Waals surface area contributed by atoms with E-state index in [2.05, 4.69) is 11.4 Å². The fourth-order valence-corrected chi connectivity index (χ4v) is 3.58. The van der Waals surface area contributed by atoms with Gasteiger partial charge in [-0.15, -0.1) is 0 Å². The quantitative estimate of drug-likeness (QED) is 0.707.